The van der Waals surface area contributed by atoms with E-state index >= 15 is 0 Å². The molecule has 2 heterocycles. The standard InChI is InChI=1S/C12H23NO.ClH/c1-2-9-14-12(5-1)7-6-11-4-3-8-13-10-11;/h11-13H,1-10H2;1H. The summed E-state index contributed by atoms with van der Waals surface area (Å²) in [5, 5.41) is 3.48. The van der Waals surface area contributed by atoms with Crippen molar-refractivity contribution in [3.05, 3.63) is 0 Å². The van der Waals surface area contributed by atoms with E-state index < -0.39 is 0 Å². The van der Waals surface area contributed by atoms with Crippen molar-refractivity contribution < 1.29 is 4.74 Å². The van der Waals surface area contributed by atoms with E-state index in [4.69, 9.17) is 4.74 Å². The van der Waals surface area contributed by atoms with Gasteiger partial charge in [0.2, 0.25) is 0 Å². The van der Waals surface area contributed by atoms with Crippen LogP contribution in [0.3, 0.4) is 0 Å². The number of hydrogen-bond donors (Lipinski definition) is 1. The predicted molar refractivity (Wildman–Crippen MR) is 65.7 cm³/mol. The molecule has 0 amide bonds. The quantitative estimate of drug-likeness (QED) is 0.810. The lowest BCUT2D eigenvalue weighted by molar-refractivity contribution is 0.00706. The second-order valence-electron chi connectivity index (χ2n) is 4.78. The maximum atomic E-state index is 5.75. The molecule has 0 aromatic carbocycles. The molecule has 2 aliphatic rings. The Morgan fingerprint density at radius 3 is 2.67 bits per heavy atom. The maximum Gasteiger partial charge on any atom is 0.0575 e. The van der Waals surface area contributed by atoms with Gasteiger partial charge in [0.05, 0.1) is 6.10 Å². The number of piperidine rings is 1. The Balaban J connectivity index is 0.00000112. The summed E-state index contributed by atoms with van der Waals surface area (Å²) in [5.41, 5.74) is 0. The van der Waals surface area contributed by atoms with Gasteiger partial charge < -0.3 is 10.1 Å². The normalized spacial score (nSPS) is 32.0. The number of nitrogens with one attached hydrogen (secondary N) is 1. The molecule has 0 aromatic rings. The van der Waals surface area contributed by atoms with E-state index in [-0.39, 0.29) is 12.4 Å². The fraction of sp³-hybridized carbons (Fsp3) is 1.00. The highest BCUT2D eigenvalue weighted by Crippen LogP contribution is 2.22. The van der Waals surface area contributed by atoms with E-state index in [0.29, 0.717) is 6.10 Å². The Morgan fingerprint density at radius 1 is 1.07 bits per heavy atom. The Hall–Kier alpha value is 0.210. The molecular weight excluding hydrogens is 210 g/mol. The van der Waals surface area contributed by atoms with E-state index in [1.165, 1.54) is 58.0 Å². The van der Waals surface area contributed by atoms with Crippen LogP contribution >= 0.6 is 12.4 Å². The fourth-order valence-electron chi connectivity index (χ4n) is 2.63. The van der Waals surface area contributed by atoms with Crippen molar-refractivity contribution >= 4 is 12.4 Å². The highest BCUT2D eigenvalue weighted by Gasteiger charge is 2.17. The molecule has 1 N–H and O–H groups in total. The Labute approximate surface area is 99.6 Å². The molecule has 0 spiro atoms. The number of ether oxygens (including phenoxy) is 1. The summed E-state index contributed by atoms with van der Waals surface area (Å²) < 4.78 is 5.75. The highest BCUT2D eigenvalue weighted by atomic mass is 35.5. The van der Waals surface area contributed by atoms with E-state index in [2.05, 4.69) is 5.32 Å². The topological polar surface area (TPSA) is 21.3 Å². The van der Waals surface area contributed by atoms with Crippen molar-refractivity contribution in [2.24, 2.45) is 5.92 Å². The van der Waals surface area contributed by atoms with Gasteiger partial charge in [-0.15, -0.1) is 12.4 Å². The third kappa shape index (κ3) is 4.71. The van der Waals surface area contributed by atoms with Crippen molar-refractivity contribution in [1.29, 1.82) is 0 Å². The zero-order valence-corrected chi connectivity index (χ0v) is 10.4. The summed E-state index contributed by atoms with van der Waals surface area (Å²) in [4.78, 5) is 0. The van der Waals surface area contributed by atoms with Gasteiger partial charge in [-0.25, -0.2) is 0 Å². The average molecular weight is 234 g/mol. The Kier molecular flexibility index (Phi) is 6.62. The molecule has 0 aromatic heterocycles. The van der Waals surface area contributed by atoms with Crippen LogP contribution in [0.4, 0.5) is 0 Å². The van der Waals surface area contributed by atoms with Crippen molar-refractivity contribution in [2.75, 3.05) is 19.7 Å². The lowest BCUT2D eigenvalue weighted by Gasteiger charge is -2.27. The minimum absolute atomic E-state index is 0. The van der Waals surface area contributed by atoms with E-state index in [1.54, 1.807) is 0 Å². The van der Waals surface area contributed by atoms with Crippen LogP contribution in [0.2, 0.25) is 0 Å². The first-order chi connectivity index (χ1) is 6.95. The van der Waals surface area contributed by atoms with Crippen LogP contribution in [-0.4, -0.2) is 25.8 Å². The first kappa shape index (κ1) is 13.3. The third-order valence-electron chi connectivity index (χ3n) is 3.57. The van der Waals surface area contributed by atoms with Gasteiger partial charge in [-0.2, -0.15) is 0 Å². The van der Waals surface area contributed by atoms with E-state index in [9.17, 15) is 0 Å². The van der Waals surface area contributed by atoms with Gasteiger partial charge >= 0.3 is 0 Å². The van der Waals surface area contributed by atoms with Crippen molar-refractivity contribution in [1.82, 2.24) is 5.32 Å². The monoisotopic (exact) mass is 233 g/mol. The van der Waals surface area contributed by atoms with Gasteiger partial charge in [-0.1, -0.05) is 0 Å². The molecule has 0 radical (unpaired) electrons. The lowest BCUT2D eigenvalue weighted by atomic mass is 9.92. The number of hydrogen-bond acceptors (Lipinski definition) is 2. The molecule has 2 fully saturated rings. The molecule has 0 saturated carbocycles. The Morgan fingerprint density at radius 2 is 2.00 bits per heavy atom. The second kappa shape index (κ2) is 7.48. The zero-order valence-electron chi connectivity index (χ0n) is 9.54. The molecule has 2 unspecified atom stereocenters. The number of halogens is 1. The van der Waals surface area contributed by atoms with Gasteiger partial charge in [0.15, 0.2) is 0 Å². The van der Waals surface area contributed by atoms with Gasteiger partial charge in [-0.3, -0.25) is 0 Å². The summed E-state index contributed by atoms with van der Waals surface area (Å²) in [6.45, 7) is 3.48. The molecule has 2 rings (SSSR count). The second-order valence-corrected chi connectivity index (χ2v) is 4.78. The summed E-state index contributed by atoms with van der Waals surface area (Å²) >= 11 is 0. The molecule has 3 heteroatoms. The van der Waals surface area contributed by atoms with E-state index in [1.807, 2.05) is 0 Å². The van der Waals surface area contributed by atoms with Crippen LogP contribution in [0.15, 0.2) is 0 Å². The minimum Gasteiger partial charge on any atom is -0.378 e. The van der Waals surface area contributed by atoms with E-state index in [0.717, 1.165) is 12.5 Å². The van der Waals surface area contributed by atoms with Crippen LogP contribution in [0, 0.1) is 5.92 Å². The largest absolute Gasteiger partial charge is 0.378 e. The molecule has 0 aliphatic carbocycles. The third-order valence-corrected chi connectivity index (χ3v) is 3.57. The van der Waals surface area contributed by atoms with Gasteiger partial charge in [0.1, 0.15) is 0 Å². The van der Waals surface area contributed by atoms with Crippen molar-refractivity contribution in [3.8, 4) is 0 Å². The molecule has 2 atom stereocenters. The van der Waals surface area contributed by atoms with Crippen LogP contribution in [0.5, 0.6) is 0 Å². The lowest BCUT2D eigenvalue weighted by Crippen LogP contribution is -2.30. The molecule has 2 aliphatic heterocycles. The molecular formula is C12H24ClNO. The van der Waals surface area contributed by atoms with Crippen LogP contribution in [0.25, 0.3) is 0 Å². The molecule has 90 valence electrons. The SMILES string of the molecule is C1CCC(CCC2CCCNC2)OC1.Cl. The Bertz CT molecular complexity index is 136. The highest BCUT2D eigenvalue weighted by molar-refractivity contribution is 5.85. The molecule has 2 nitrogen and oxygen atoms in total. The molecule has 15 heavy (non-hydrogen) atoms. The van der Waals surface area contributed by atoms with Crippen molar-refractivity contribution in [3.63, 3.8) is 0 Å². The zero-order chi connectivity index (χ0) is 9.64. The fourth-order valence-corrected chi connectivity index (χ4v) is 2.63. The molecule has 2 saturated heterocycles. The minimum atomic E-state index is 0. The predicted octanol–water partition coefficient (Wildman–Crippen LogP) is 2.76. The summed E-state index contributed by atoms with van der Waals surface area (Å²) in [6.07, 6.45) is 10.0. The van der Waals surface area contributed by atoms with Crippen molar-refractivity contribution in [2.45, 2.75) is 51.0 Å². The van der Waals surface area contributed by atoms with Crippen LogP contribution < -0.4 is 5.32 Å². The average Bonchev–Trinajstić information content (AvgIpc) is 2.29. The maximum absolute atomic E-state index is 5.75. The summed E-state index contributed by atoms with van der Waals surface area (Å²) in [7, 11) is 0. The number of rotatable bonds is 3. The molecule has 0 bridgehead atoms. The van der Waals surface area contributed by atoms with Crippen LogP contribution in [0.1, 0.15) is 44.9 Å². The van der Waals surface area contributed by atoms with Gasteiger partial charge in [-0.05, 0) is 64.0 Å². The summed E-state index contributed by atoms with van der Waals surface area (Å²) in [6, 6.07) is 0. The first-order valence-electron chi connectivity index (χ1n) is 6.27. The van der Waals surface area contributed by atoms with Gasteiger partial charge in [0.25, 0.3) is 0 Å². The first-order valence-corrected chi connectivity index (χ1v) is 6.27. The van der Waals surface area contributed by atoms with Gasteiger partial charge in [0, 0.05) is 6.61 Å². The smallest absolute Gasteiger partial charge is 0.0575 e. The van der Waals surface area contributed by atoms with Crippen LogP contribution in [-0.2, 0) is 4.74 Å². The summed E-state index contributed by atoms with van der Waals surface area (Å²) in [5.74, 6) is 0.925.